The Hall–Kier alpha value is -1.77. The highest BCUT2D eigenvalue weighted by Crippen LogP contribution is 2.25. The van der Waals surface area contributed by atoms with Gasteiger partial charge in [-0.05, 0) is 12.5 Å². The zero-order valence-corrected chi connectivity index (χ0v) is 9.35. The Morgan fingerprint density at radius 3 is 2.94 bits per heavy atom. The highest BCUT2D eigenvalue weighted by molar-refractivity contribution is 5.40. The second kappa shape index (κ2) is 3.67. The lowest BCUT2D eigenvalue weighted by atomic mass is 9.98. The second-order valence-electron chi connectivity index (χ2n) is 4.34. The molecule has 0 saturated heterocycles. The van der Waals surface area contributed by atoms with Gasteiger partial charge in [0.2, 0.25) is 0 Å². The highest BCUT2D eigenvalue weighted by atomic mass is 15.3. The first-order valence-corrected chi connectivity index (χ1v) is 5.66. The SMILES string of the molecule is Cc1cc2n(n1)CC(c1ccccc1)CN2. The van der Waals surface area contributed by atoms with Crippen LogP contribution in [0, 0.1) is 6.92 Å². The molecule has 0 fully saturated rings. The molecule has 0 amide bonds. The number of nitrogens with zero attached hydrogens (tertiary/aromatic N) is 2. The Morgan fingerprint density at radius 2 is 2.12 bits per heavy atom. The molecule has 1 aliphatic heterocycles. The van der Waals surface area contributed by atoms with E-state index >= 15 is 0 Å². The number of benzene rings is 1. The lowest BCUT2D eigenvalue weighted by Crippen LogP contribution is -2.26. The first kappa shape index (κ1) is 9.46. The summed E-state index contributed by atoms with van der Waals surface area (Å²) in [5.74, 6) is 1.66. The standard InChI is InChI=1S/C13H15N3/c1-10-7-13-14-8-12(9-16(13)15-10)11-5-3-2-4-6-11/h2-7,12,14H,8-9H2,1H3. The maximum atomic E-state index is 4.48. The maximum Gasteiger partial charge on any atom is 0.124 e. The molecule has 0 radical (unpaired) electrons. The van der Waals surface area contributed by atoms with Gasteiger partial charge in [0.25, 0.3) is 0 Å². The number of anilines is 1. The van der Waals surface area contributed by atoms with Crippen LogP contribution in [0.3, 0.4) is 0 Å². The van der Waals surface area contributed by atoms with Crippen LogP contribution in [0.25, 0.3) is 0 Å². The zero-order chi connectivity index (χ0) is 11.0. The third-order valence-electron chi connectivity index (χ3n) is 3.10. The Balaban J connectivity index is 1.88. The fourth-order valence-electron chi connectivity index (χ4n) is 2.28. The first-order chi connectivity index (χ1) is 7.83. The zero-order valence-electron chi connectivity index (χ0n) is 9.35. The van der Waals surface area contributed by atoms with Crippen LogP contribution in [-0.2, 0) is 6.54 Å². The van der Waals surface area contributed by atoms with Gasteiger partial charge in [-0.25, -0.2) is 4.68 Å². The molecule has 16 heavy (non-hydrogen) atoms. The van der Waals surface area contributed by atoms with Crippen molar-refractivity contribution in [1.29, 1.82) is 0 Å². The smallest absolute Gasteiger partial charge is 0.124 e. The molecule has 1 aliphatic rings. The summed E-state index contributed by atoms with van der Waals surface area (Å²) in [4.78, 5) is 0. The van der Waals surface area contributed by atoms with E-state index in [2.05, 4.69) is 51.5 Å². The van der Waals surface area contributed by atoms with Crippen molar-refractivity contribution in [2.75, 3.05) is 11.9 Å². The van der Waals surface area contributed by atoms with Crippen LogP contribution in [0.4, 0.5) is 5.82 Å². The van der Waals surface area contributed by atoms with Crippen molar-refractivity contribution in [3.8, 4) is 0 Å². The van der Waals surface area contributed by atoms with Crippen molar-refractivity contribution in [3.63, 3.8) is 0 Å². The van der Waals surface area contributed by atoms with Gasteiger partial charge in [-0.1, -0.05) is 30.3 Å². The Bertz CT molecular complexity index is 487. The molecule has 1 unspecified atom stereocenters. The molecule has 3 rings (SSSR count). The molecular formula is C13H15N3. The van der Waals surface area contributed by atoms with Gasteiger partial charge in [0.1, 0.15) is 5.82 Å². The number of nitrogens with one attached hydrogen (secondary N) is 1. The topological polar surface area (TPSA) is 29.9 Å². The quantitative estimate of drug-likeness (QED) is 0.788. The maximum absolute atomic E-state index is 4.48. The monoisotopic (exact) mass is 213 g/mol. The number of aryl methyl sites for hydroxylation is 1. The Labute approximate surface area is 95.1 Å². The van der Waals surface area contributed by atoms with Crippen molar-refractivity contribution < 1.29 is 0 Å². The van der Waals surface area contributed by atoms with Crippen LogP contribution in [0.1, 0.15) is 17.2 Å². The number of aromatic nitrogens is 2. The van der Waals surface area contributed by atoms with Crippen LogP contribution in [0.5, 0.6) is 0 Å². The van der Waals surface area contributed by atoms with Gasteiger partial charge in [-0.2, -0.15) is 5.10 Å². The minimum absolute atomic E-state index is 0.521. The molecule has 0 saturated carbocycles. The molecule has 2 aromatic rings. The van der Waals surface area contributed by atoms with Gasteiger partial charge < -0.3 is 5.32 Å². The van der Waals surface area contributed by atoms with E-state index in [-0.39, 0.29) is 0 Å². The van der Waals surface area contributed by atoms with Crippen LogP contribution in [0.15, 0.2) is 36.4 Å². The average molecular weight is 213 g/mol. The number of hydrogen-bond acceptors (Lipinski definition) is 2. The number of fused-ring (bicyclic) bond motifs is 1. The van der Waals surface area contributed by atoms with Gasteiger partial charge in [-0.3, -0.25) is 0 Å². The predicted molar refractivity (Wildman–Crippen MR) is 64.6 cm³/mol. The van der Waals surface area contributed by atoms with Gasteiger partial charge >= 0.3 is 0 Å². The molecule has 82 valence electrons. The van der Waals surface area contributed by atoms with E-state index in [1.807, 2.05) is 6.92 Å². The van der Waals surface area contributed by atoms with E-state index in [0.29, 0.717) is 5.92 Å². The van der Waals surface area contributed by atoms with Crippen LogP contribution in [-0.4, -0.2) is 16.3 Å². The second-order valence-corrected chi connectivity index (χ2v) is 4.34. The average Bonchev–Trinajstić information content (AvgIpc) is 2.69. The third-order valence-corrected chi connectivity index (χ3v) is 3.10. The van der Waals surface area contributed by atoms with Crippen LogP contribution in [0.2, 0.25) is 0 Å². The molecular weight excluding hydrogens is 198 g/mol. The van der Waals surface area contributed by atoms with Crippen molar-refractivity contribution in [1.82, 2.24) is 9.78 Å². The Morgan fingerprint density at radius 1 is 1.31 bits per heavy atom. The molecule has 1 N–H and O–H groups in total. The van der Waals surface area contributed by atoms with E-state index in [1.165, 1.54) is 5.56 Å². The Kier molecular flexibility index (Phi) is 2.17. The van der Waals surface area contributed by atoms with Gasteiger partial charge in [0.15, 0.2) is 0 Å². The molecule has 3 heteroatoms. The van der Waals surface area contributed by atoms with E-state index in [4.69, 9.17) is 0 Å². The van der Waals surface area contributed by atoms with Crippen LogP contribution < -0.4 is 5.32 Å². The largest absolute Gasteiger partial charge is 0.370 e. The number of rotatable bonds is 1. The first-order valence-electron chi connectivity index (χ1n) is 5.66. The normalized spacial score (nSPS) is 18.9. The number of hydrogen-bond donors (Lipinski definition) is 1. The fourth-order valence-corrected chi connectivity index (χ4v) is 2.28. The van der Waals surface area contributed by atoms with E-state index in [9.17, 15) is 0 Å². The molecule has 0 spiro atoms. The minimum Gasteiger partial charge on any atom is -0.370 e. The summed E-state index contributed by atoms with van der Waals surface area (Å²) < 4.78 is 2.07. The van der Waals surface area contributed by atoms with Crippen LogP contribution >= 0.6 is 0 Å². The summed E-state index contributed by atoms with van der Waals surface area (Å²) in [5.41, 5.74) is 2.46. The van der Waals surface area contributed by atoms with E-state index < -0.39 is 0 Å². The fraction of sp³-hybridized carbons (Fsp3) is 0.308. The molecule has 0 bridgehead atoms. The molecule has 2 heterocycles. The minimum atomic E-state index is 0.521. The molecule has 3 nitrogen and oxygen atoms in total. The summed E-state index contributed by atoms with van der Waals surface area (Å²) in [5, 5.41) is 7.91. The van der Waals surface area contributed by atoms with Crippen molar-refractivity contribution in [2.45, 2.75) is 19.4 Å². The van der Waals surface area contributed by atoms with Crippen molar-refractivity contribution in [3.05, 3.63) is 47.7 Å². The summed E-state index contributed by atoms with van der Waals surface area (Å²) in [6.45, 7) is 4.00. The van der Waals surface area contributed by atoms with Crippen molar-refractivity contribution in [2.24, 2.45) is 0 Å². The van der Waals surface area contributed by atoms with Gasteiger partial charge in [0, 0.05) is 18.5 Å². The molecule has 1 aromatic carbocycles. The van der Waals surface area contributed by atoms with E-state index in [0.717, 1.165) is 24.6 Å². The summed E-state index contributed by atoms with van der Waals surface area (Å²) in [7, 11) is 0. The van der Waals surface area contributed by atoms with Gasteiger partial charge in [-0.15, -0.1) is 0 Å². The highest BCUT2D eigenvalue weighted by Gasteiger charge is 2.20. The predicted octanol–water partition coefficient (Wildman–Crippen LogP) is 2.40. The third kappa shape index (κ3) is 1.58. The molecule has 1 aromatic heterocycles. The summed E-state index contributed by atoms with van der Waals surface area (Å²) in [6, 6.07) is 12.7. The van der Waals surface area contributed by atoms with E-state index in [1.54, 1.807) is 0 Å². The lowest BCUT2D eigenvalue weighted by molar-refractivity contribution is 0.503. The van der Waals surface area contributed by atoms with Gasteiger partial charge in [0.05, 0.1) is 12.2 Å². The lowest BCUT2D eigenvalue weighted by Gasteiger charge is -2.25. The summed E-state index contributed by atoms with van der Waals surface area (Å²) >= 11 is 0. The summed E-state index contributed by atoms with van der Waals surface area (Å²) in [6.07, 6.45) is 0. The molecule has 0 aliphatic carbocycles. The van der Waals surface area contributed by atoms with Crippen molar-refractivity contribution >= 4 is 5.82 Å². The molecule has 1 atom stereocenters.